The van der Waals surface area contributed by atoms with Crippen LogP contribution < -0.4 is 0 Å². The summed E-state index contributed by atoms with van der Waals surface area (Å²) in [5.74, 6) is 1.67. The summed E-state index contributed by atoms with van der Waals surface area (Å²) in [5, 5.41) is 0.282. The Morgan fingerprint density at radius 1 is 0.977 bits per heavy atom. The molecule has 0 saturated carbocycles. The maximum atomic E-state index is 12.7. The lowest BCUT2D eigenvalue weighted by molar-refractivity contribution is -0.160. The van der Waals surface area contributed by atoms with Gasteiger partial charge in [0.2, 0.25) is 0 Å². The van der Waals surface area contributed by atoms with Crippen LogP contribution in [0.2, 0.25) is 36.3 Å². The third-order valence-electron chi connectivity index (χ3n) is 11.3. The number of rotatable bonds is 12. The summed E-state index contributed by atoms with van der Waals surface area (Å²) in [7, 11) is -3.89. The predicted octanol–water partition coefficient (Wildman–Crippen LogP) is 9.84. The van der Waals surface area contributed by atoms with E-state index in [1.807, 2.05) is 0 Å². The van der Waals surface area contributed by atoms with Gasteiger partial charge < -0.3 is 18.3 Å². The maximum Gasteiger partial charge on any atom is 0.308 e. The molecule has 1 heterocycles. The standard InChI is InChI=1S/C36H66O5Si2/c1-14-15-25(2)24-38-32-22-29(40-42(10,11)35(4,5)6)20-27-17-16-26(3)31(34(27)32)19-18-28-21-30(23-33(37)39-28)41-43(12,13)36(7,8)9/h16-17,20,25-26,28-32,34H,14-15,18-19,21-24H2,1-13H3/t25-,26+,28+,29+,30+,31-,32-,34-/m0/s1. The fourth-order valence-electron chi connectivity index (χ4n) is 6.60. The minimum absolute atomic E-state index is 0.0367. The Balaban J connectivity index is 1.79. The lowest BCUT2D eigenvalue weighted by atomic mass is 9.66. The second-order valence-electron chi connectivity index (χ2n) is 17.1. The van der Waals surface area contributed by atoms with E-state index < -0.39 is 16.6 Å². The highest BCUT2D eigenvalue weighted by atomic mass is 28.4. The van der Waals surface area contributed by atoms with E-state index in [0.29, 0.717) is 30.1 Å². The number of fused-ring (bicyclic) bond motifs is 1. The normalized spacial score (nSPS) is 31.3. The number of cyclic esters (lactones) is 1. The van der Waals surface area contributed by atoms with Crippen molar-refractivity contribution in [1.82, 2.24) is 0 Å². The SMILES string of the molecule is CCC[C@H](C)CO[C@H]1C[C@H](O[Si](C)(C)C(C)(C)C)C=C2C=C[C@@H](C)[C@H](CC[C@@H]3C[C@@H](O[Si](C)(C)C(C)(C)C)CC(=O)O3)[C@H]21. The smallest absolute Gasteiger partial charge is 0.308 e. The summed E-state index contributed by atoms with van der Waals surface area (Å²) < 4.78 is 26.4. The zero-order valence-corrected chi connectivity index (χ0v) is 32.0. The molecule has 1 saturated heterocycles. The number of hydrogen-bond acceptors (Lipinski definition) is 5. The minimum atomic E-state index is -1.96. The van der Waals surface area contributed by atoms with Gasteiger partial charge in [-0.05, 0) is 78.9 Å². The molecule has 0 bridgehead atoms. The van der Waals surface area contributed by atoms with E-state index in [9.17, 15) is 4.79 Å². The molecule has 8 atom stereocenters. The van der Waals surface area contributed by atoms with Crippen molar-refractivity contribution in [2.45, 2.75) is 168 Å². The second-order valence-corrected chi connectivity index (χ2v) is 26.6. The Morgan fingerprint density at radius 2 is 1.60 bits per heavy atom. The van der Waals surface area contributed by atoms with Crippen LogP contribution in [-0.4, -0.2) is 53.6 Å². The molecule has 3 aliphatic rings. The zero-order valence-electron chi connectivity index (χ0n) is 30.0. The number of carbonyl (C=O) groups is 1. The van der Waals surface area contributed by atoms with Crippen LogP contribution in [0.5, 0.6) is 0 Å². The lowest BCUT2D eigenvalue weighted by Crippen LogP contribution is -2.48. The molecule has 0 amide bonds. The summed E-state index contributed by atoms with van der Waals surface area (Å²) >= 11 is 0. The first kappa shape index (κ1) is 36.7. The molecule has 0 aromatic rings. The summed E-state index contributed by atoms with van der Waals surface area (Å²) in [4.78, 5) is 12.7. The molecule has 0 unspecified atom stereocenters. The van der Waals surface area contributed by atoms with Gasteiger partial charge >= 0.3 is 5.97 Å². The Kier molecular flexibility index (Phi) is 12.3. The van der Waals surface area contributed by atoms with Gasteiger partial charge in [0.05, 0.1) is 24.7 Å². The van der Waals surface area contributed by atoms with E-state index in [-0.39, 0.29) is 40.5 Å². The molecule has 7 heteroatoms. The first-order chi connectivity index (χ1) is 19.7. The molecule has 1 aliphatic heterocycles. The quantitative estimate of drug-likeness (QED) is 0.158. The van der Waals surface area contributed by atoms with Crippen molar-refractivity contribution >= 4 is 22.6 Å². The van der Waals surface area contributed by atoms with Crippen molar-refractivity contribution in [2.75, 3.05) is 6.61 Å². The molecule has 3 rings (SSSR count). The van der Waals surface area contributed by atoms with Crippen LogP contribution >= 0.6 is 0 Å². The summed E-state index contributed by atoms with van der Waals surface area (Å²) in [6.45, 7) is 30.7. The van der Waals surface area contributed by atoms with Gasteiger partial charge in [-0.2, -0.15) is 0 Å². The Hall–Kier alpha value is -0.736. The fraction of sp³-hybridized carbons (Fsp3) is 0.861. The average molecular weight is 635 g/mol. The van der Waals surface area contributed by atoms with Gasteiger partial charge in [0.15, 0.2) is 16.6 Å². The number of allylic oxidation sites excluding steroid dienone is 2. The summed E-state index contributed by atoms with van der Waals surface area (Å²) in [6, 6.07) is 0. The van der Waals surface area contributed by atoms with Crippen molar-refractivity contribution in [3.8, 4) is 0 Å². The van der Waals surface area contributed by atoms with E-state index >= 15 is 0 Å². The largest absolute Gasteiger partial charge is 0.462 e. The van der Waals surface area contributed by atoms with Crippen LogP contribution in [0.25, 0.3) is 0 Å². The van der Waals surface area contributed by atoms with E-state index in [1.165, 1.54) is 18.4 Å². The number of hydrogen-bond donors (Lipinski definition) is 0. The molecule has 0 aromatic carbocycles. The van der Waals surface area contributed by atoms with Gasteiger partial charge in [-0.25, -0.2) is 0 Å². The Morgan fingerprint density at radius 3 is 2.21 bits per heavy atom. The van der Waals surface area contributed by atoms with Crippen LogP contribution in [0, 0.1) is 23.7 Å². The van der Waals surface area contributed by atoms with Gasteiger partial charge in [0.25, 0.3) is 0 Å². The molecular formula is C36H66O5Si2. The molecule has 43 heavy (non-hydrogen) atoms. The van der Waals surface area contributed by atoms with Crippen molar-refractivity contribution in [1.29, 1.82) is 0 Å². The third kappa shape index (κ3) is 9.63. The second kappa shape index (κ2) is 14.4. The van der Waals surface area contributed by atoms with Gasteiger partial charge in [-0.3, -0.25) is 4.79 Å². The van der Waals surface area contributed by atoms with E-state index in [0.717, 1.165) is 32.3 Å². The predicted molar refractivity (Wildman–Crippen MR) is 184 cm³/mol. The molecule has 248 valence electrons. The van der Waals surface area contributed by atoms with E-state index in [4.69, 9.17) is 18.3 Å². The molecule has 5 nitrogen and oxygen atoms in total. The minimum Gasteiger partial charge on any atom is -0.462 e. The first-order valence-corrected chi connectivity index (χ1v) is 23.1. The van der Waals surface area contributed by atoms with Gasteiger partial charge in [0, 0.05) is 25.4 Å². The Bertz CT molecular complexity index is 989. The average Bonchev–Trinajstić information content (AvgIpc) is 2.85. The lowest BCUT2D eigenvalue weighted by Gasteiger charge is -2.46. The molecule has 2 aliphatic carbocycles. The Labute approximate surface area is 267 Å². The number of ether oxygens (including phenoxy) is 2. The van der Waals surface area contributed by atoms with Gasteiger partial charge in [-0.1, -0.05) is 87.0 Å². The van der Waals surface area contributed by atoms with Crippen LogP contribution in [0.1, 0.15) is 107 Å². The molecule has 0 spiro atoms. The first-order valence-electron chi connectivity index (χ1n) is 17.3. The monoisotopic (exact) mass is 634 g/mol. The zero-order chi connectivity index (χ0) is 32.4. The van der Waals surface area contributed by atoms with Crippen molar-refractivity contribution < 1.29 is 23.1 Å². The molecule has 1 fully saturated rings. The molecule has 0 N–H and O–H groups in total. The van der Waals surface area contributed by atoms with E-state index in [1.54, 1.807) is 0 Å². The highest BCUT2D eigenvalue weighted by molar-refractivity contribution is 6.74. The maximum absolute atomic E-state index is 12.7. The van der Waals surface area contributed by atoms with Crippen molar-refractivity contribution in [2.24, 2.45) is 23.7 Å². The number of carbonyl (C=O) groups excluding carboxylic acids is 1. The van der Waals surface area contributed by atoms with Crippen molar-refractivity contribution in [3.63, 3.8) is 0 Å². The van der Waals surface area contributed by atoms with Gasteiger partial charge in [-0.15, -0.1) is 0 Å². The van der Waals surface area contributed by atoms with Crippen LogP contribution in [-0.2, 0) is 23.1 Å². The van der Waals surface area contributed by atoms with Crippen LogP contribution in [0.3, 0.4) is 0 Å². The third-order valence-corrected chi connectivity index (χ3v) is 20.3. The fourth-order valence-corrected chi connectivity index (χ4v) is 9.25. The van der Waals surface area contributed by atoms with Gasteiger partial charge in [0.1, 0.15) is 6.10 Å². The highest BCUT2D eigenvalue weighted by Crippen LogP contribution is 2.47. The summed E-state index contributed by atoms with van der Waals surface area (Å²) in [6.07, 6.45) is 13.6. The molecular weight excluding hydrogens is 569 g/mol. The highest BCUT2D eigenvalue weighted by Gasteiger charge is 2.46. The van der Waals surface area contributed by atoms with Crippen LogP contribution in [0.4, 0.5) is 0 Å². The van der Waals surface area contributed by atoms with Crippen LogP contribution in [0.15, 0.2) is 23.8 Å². The van der Waals surface area contributed by atoms with Crippen molar-refractivity contribution in [3.05, 3.63) is 23.8 Å². The van der Waals surface area contributed by atoms with E-state index in [2.05, 4.69) is 107 Å². The molecule has 0 radical (unpaired) electrons. The number of esters is 1. The molecule has 0 aromatic heterocycles. The topological polar surface area (TPSA) is 54.0 Å². The summed E-state index contributed by atoms with van der Waals surface area (Å²) in [5.41, 5.74) is 1.38.